The molecule has 0 aliphatic heterocycles. The lowest BCUT2D eigenvalue weighted by Gasteiger charge is -2.16. The molecule has 25 heavy (non-hydrogen) atoms. The number of amides is 2. The molecule has 0 spiro atoms. The zero-order valence-electron chi connectivity index (χ0n) is 13.8. The van der Waals surface area contributed by atoms with Crippen LogP contribution in [0, 0.1) is 0 Å². The second-order valence-corrected chi connectivity index (χ2v) is 6.36. The summed E-state index contributed by atoms with van der Waals surface area (Å²) in [7, 11) is 1.77. The second kappa shape index (κ2) is 9.42. The standard InChI is InChI=1S/C18H19Cl2N3O2/c1-23(12-18(25)22-16-9-5-3-7-14(16)20)11-10-17(24)21-15-8-4-2-6-13(15)19/h2-9H,10-12H2,1H3,(H,21,24)(H,22,25). The van der Waals surface area contributed by atoms with Crippen molar-refractivity contribution in [1.29, 1.82) is 0 Å². The molecular weight excluding hydrogens is 361 g/mol. The molecule has 2 N–H and O–H groups in total. The number of nitrogens with one attached hydrogen (secondary N) is 2. The predicted molar refractivity (Wildman–Crippen MR) is 102 cm³/mol. The Morgan fingerprint density at radius 2 is 1.36 bits per heavy atom. The van der Waals surface area contributed by atoms with E-state index in [0.29, 0.717) is 28.0 Å². The summed E-state index contributed by atoms with van der Waals surface area (Å²) in [5, 5.41) is 6.47. The van der Waals surface area contributed by atoms with Crippen LogP contribution in [0.3, 0.4) is 0 Å². The number of carbonyl (C=O) groups is 2. The number of halogens is 2. The zero-order valence-corrected chi connectivity index (χ0v) is 15.3. The molecule has 0 aromatic heterocycles. The van der Waals surface area contributed by atoms with Gasteiger partial charge in [0.15, 0.2) is 0 Å². The lowest BCUT2D eigenvalue weighted by atomic mass is 10.3. The molecule has 0 aliphatic rings. The average Bonchev–Trinajstić information content (AvgIpc) is 2.57. The first-order valence-corrected chi connectivity index (χ1v) is 8.48. The van der Waals surface area contributed by atoms with E-state index >= 15 is 0 Å². The Balaban J connectivity index is 1.75. The van der Waals surface area contributed by atoms with E-state index in [-0.39, 0.29) is 24.8 Å². The SMILES string of the molecule is CN(CCC(=O)Nc1ccccc1Cl)CC(=O)Nc1ccccc1Cl. The lowest BCUT2D eigenvalue weighted by molar-refractivity contribution is -0.119. The van der Waals surface area contributed by atoms with Gasteiger partial charge in [-0.25, -0.2) is 0 Å². The van der Waals surface area contributed by atoms with Crippen LogP contribution in [0.4, 0.5) is 11.4 Å². The van der Waals surface area contributed by atoms with Gasteiger partial charge in [-0.05, 0) is 31.3 Å². The molecule has 132 valence electrons. The first-order chi connectivity index (χ1) is 12.0. The van der Waals surface area contributed by atoms with Crippen molar-refractivity contribution < 1.29 is 9.59 Å². The summed E-state index contributed by atoms with van der Waals surface area (Å²) in [5.74, 6) is -0.353. The molecule has 0 saturated carbocycles. The fourth-order valence-electron chi connectivity index (χ4n) is 2.14. The normalized spacial score (nSPS) is 10.6. The second-order valence-electron chi connectivity index (χ2n) is 5.54. The Kier molecular flexibility index (Phi) is 7.25. The highest BCUT2D eigenvalue weighted by atomic mass is 35.5. The van der Waals surface area contributed by atoms with Gasteiger partial charge < -0.3 is 10.6 Å². The molecule has 0 atom stereocenters. The number of hydrogen-bond acceptors (Lipinski definition) is 3. The molecule has 5 nitrogen and oxygen atoms in total. The fourth-order valence-corrected chi connectivity index (χ4v) is 2.51. The lowest BCUT2D eigenvalue weighted by Crippen LogP contribution is -2.32. The number of likely N-dealkylation sites (N-methyl/N-ethyl adjacent to an activating group) is 1. The molecule has 0 saturated heterocycles. The van der Waals surface area contributed by atoms with Crippen molar-refractivity contribution in [3.8, 4) is 0 Å². The molecule has 0 radical (unpaired) electrons. The molecule has 2 aromatic carbocycles. The van der Waals surface area contributed by atoms with Gasteiger partial charge in [-0.15, -0.1) is 0 Å². The van der Waals surface area contributed by atoms with Crippen LogP contribution in [-0.4, -0.2) is 36.9 Å². The van der Waals surface area contributed by atoms with Gasteiger partial charge in [0.25, 0.3) is 0 Å². The maximum atomic E-state index is 12.0. The minimum atomic E-state index is -0.192. The summed E-state index contributed by atoms with van der Waals surface area (Å²) in [6.07, 6.45) is 0.251. The van der Waals surface area contributed by atoms with Crippen LogP contribution in [0.1, 0.15) is 6.42 Å². The van der Waals surface area contributed by atoms with E-state index in [1.165, 1.54) is 0 Å². The van der Waals surface area contributed by atoms with Gasteiger partial charge in [0.1, 0.15) is 0 Å². The summed E-state index contributed by atoms with van der Waals surface area (Å²) in [5.41, 5.74) is 1.15. The Morgan fingerprint density at radius 3 is 1.88 bits per heavy atom. The minimum Gasteiger partial charge on any atom is -0.325 e. The van der Waals surface area contributed by atoms with E-state index in [9.17, 15) is 9.59 Å². The molecule has 0 aliphatic carbocycles. The van der Waals surface area contributed by atoms with Crippen LogP contribution >= 0.6 is 23.2 Å². The summed E-state index contributed by atoms with van der Waals surface area (Å²) in [6.45, 7) is 0.594. The first kappa shape index (κ1) is 19.2. The third-order valence-corrected chi connectivity index (χ3v) is 4.09. The number of nitrogens with zero attached hydrogens (tertiary/aromatic N) is 1. The van der Waals surface area contributed by atoms with E-state index in [1.807, 2.05) is 0 Å². The van der Waals surface area contributed by atoms with E-state index in [0.717, 1.165) is 0 Å². The van der Waals surface area contributed by atoms with Gasteiger partial charge in [0.2, 0.25) is 11.8 Å². The molecule has 2 aromatic rings. The van der Waals surface area contributed by atoms with Crippen LogP contribution in [0.5, 0.6) is 0 Å². The number of carbonyl (C=O) groups excluding carboxylic acids is 2. The van der Waals surface area contributed by atoms with E-state index in [4.69, 9.17) is 23.2 Å². The largest absolute Gasteiger partial charge is 0.325 e. The predicted octanol–water partition coefficient (Wildman–Crippen LogP) is 3.89. The van der Waals surface area contributed by atoms with Gasteiger partial charge in [0, 0.05) is 13.0 Å². The molecule has 0 unspecified atom stereocenters. The Morgan fingerprint density at radius 1 is 0.880 bits per heavy atom. The number of para-hydroxylation sites is 2. The molecule has 7 heteroatoms. The van der Waals surface area contributed by atoms with Gasteiger partial charge >= 0.3 is 0 Å². The summed E-state index contributed by atoms with van der Waals surface area (Å²) in [4.78, 5) is 25.8. The highest BCUT2D eigenvalue weighted by Gasteiger charge is 2.11. The molecule has 0 bridgehead atoms. The van der Waals surface area contributed by atoms with Crippen molar-refractivity contribution >= 4 is 46.4 Å². The van der Waals surface area contributed by atoms with Gasteiger partial charge in [0.05, 0.1) is 28.0 Å². The fraction of sp³-hybridized carbons (Fsp3) is 0.222. The summed E-state index contributed by atoms with van der Waals surface area (Å²) < 4.78 is 0. The third kappa shape index (κ3) is 6.38. The minimum absolute atomic E-state index is 0.157. The van der Waals surface area contributed by atoms with Gasteiger partial charge in [-0.2, -0.15) is 0 Å². The smallest absolute Gasteiger partial charge is 0.238 e. The summed E-state index contributed by atoms with van der Waals surface area (Å²) in [6, 6.07) is 14.1. The van der Waals surface area contributed by atoms with Crippen molar-refractivity contribution in [2.45, 2.75) is 6.42 Å². The zero-order chi connectivity index (χ0) is 18.2. The maximum absolute atomic E-state index is 12.0. The Hall–Kier alpha value is -2.08. The molecular formula is C18H19Cl2N3O2. The Labute approximate surface area is 156 Å². The average molecular weight is 380 g/mol. The van der Waals surface area contributed by atoms with Crippen LogP contribution in [0.15, 0.2) is 48.5 Å². The van der Waals surface area contributed by atoms with Gasteiger partial charge in [-0.3, -0.25) is 14.5 Å². The monoisotopic (exact) mass is 379 g/mol. The van der Waals surface area contributed by atoms with E-state index in [1.54, 1.807) is 60.5 Å². The van der Waals surface area contributed by atoms with E-state index in [2.05, 4.69) is 10.6 Å². The van der Waals surface area contributed by atoms with Crippen LogP contribution in [0.2, 0.25) is 10.0 Å². The number of rotatable bonds is 7. The van der Waals surface area contributed by atoms with Crippen LogP contribution in [0.25, 0.3) is 0 Å². The van der Waals surface area contributed by atoms with Crippen molar-refractivity contribution in [3.63, 3.8) is 0 Å². The highest BCUT2D eigenvalue weighted by Crippen LogP contribution is 2.21. The maximum Gasteiger partial charge on any atom is 0.238 e. The van der Waals surface area contributed by atoms with Crippen molar-refractivity contribution in [1.82, 2.24) is 4.90 Å². The number of hydrogen-bond donors (Lipinski definition) is 2. The van der Waals surface area contributed by atoms with Crippen molar-refractivity contribution in [3.05, 3.63) is 58.6 Å². The van der Waals surface area contributed by atoms with E-state index < -0.39 is 0 Å². The van der Waals surface area contributed by atoms with Crippen LogP contribution < -0.4 is 10.6 Å². The quantitative estimate of drug-likeness (QED) is 0.766. The molecule has 2 rings (SSSR count). The van der Waals surface area contributed by atoms with Crippen LogP contribution in [-0.2, 0) is 9.59 Å². The molecule has 0 fully saturated rings. The molecule has 0 heterocycles. The molecule has 2 amide bonds. The van der Waals surface area contributed by atoms with Crippen molar-refractivity contribution in [2.75, 3.05) is 30.8 Å². The summed E-state index contributed by atoms with van der Waals surface area (Å²) >= 11 is 12.0. The Bertz CT molecular complexity index is 753. The topological polar surface area (TPSA) is 61.4 Å². The highest BCUT2D eigenvalue weighted by molar-refractivity contribution is 6.34. The number of benzene rings is 2. The number of anilines is 2. The van der Waals surface area contributed by atoms with Gasteiger partial charge in [-0.1, -0.05) is 47.5 Å². The third-order valence-electron chi connectivity index (χ3n) is 3.43. The first-order valence-electron chi connectivity index (χ1n) is 7.73. The van der Waals surface area contributed by atoms with Crippen molar-refractivity contribution in [2.24, 2.45) is 0 Å².